The molecule has 2 heterocycles. The summed E-state index contributed by atoms with van der Waals surface area (Å²) in [7, 11) is 0. The Morgan fingerprint density at radius 2 is 2.26 bits per heavy atom. The van der Waals surface area contributed by atoms with Crippen LogP contribution in [0.2, 0.25) is 0 Å². The second-order valence-corrected chi connectivity index (χ2v) is 4.88. The molecule has 0 bridgehead atoms. The third kappa shape index (κ3) is 2.58. The Kier molecular flexibility index (Phi) is 3.26. The molecule has 102 valence electrons. The fourth-order valence-electron chi connectivity index (χ4n) is 1.51. The number of nitrogen functional groups attached to an aromatic ring is 1. The Bertz CT molecular complexity index is 604. The average molecular weight is 263 g/mol. The van der Waals surface area contributed by atoms with Crippen LogP contribution in [0, 0.1) is 5.41 Å². The van der Waals surface area contributed by atoms with E-state index in [1.165, 1.54) is 0 Å². The maximum Gasteiger partial charge on any atom is 0.224 e. The SMILES string of the molecule is CC(C)(CNc1nc(NN)cn2ccnc12)C(N)=O. The molecular weight excluding hydrogens is 246 g/mol. The van der Waals surface area contributed by atoms with Crippen LogP contribution >= 0.6 is 0 Å². The second-order valence-electron chi connectivity index (χ2n) is 4.88. The molecule has 0 spiro atoms. The Labute approximate surface area is 110 Å². The summed E-state index contributed by atoms with van der Waals surface area (Å²) in [6.07, 6.45) is 5.15. The van der Waals surface area contributed by atoms with Crippen LogP contribution in [0.15, 0.2) is 18.6 Å². The molecule has 0 aliphatic rings. The zero-order valence-corrected chi connectivity index (χ0v) is 10.8. The highest BCUT2D eigenvalue weighted by atomic mass is 16.1. The van der Waals surface area contributed by atoms with Crippen LogP contribution in [0.25, 0.3) is 5.65 Å². The number of aromatic nitrogens is 3. The number of rotatable bonds is 5. The van der Waals surface area contributed by atoms with Crippen molar-refractivity contribution in [2.75, 3.05) is 17.3 Å². The highest BCUT2D eigenvalue weighted by molar-refractivity contribution is 5.80. The monoisotopic (exact) mass is 263 g/mol. The molecule has 0 aliphatic carbocycles. The molecule has 0 atom stereocenters. The fourth-order valence-corrected chi connectivity index (χ4v) is 1.51. The van der Waals surface area contributed by atoms with Crippen LogP contribution in [0.4, 0.5) is 11.6 Å². The van der Waals surface area contributed by atoms with Crippen molar-refractivity contribution in [1.82, 2.24) is 14.4 Å². The summed E-state index contributed by atoms with van der Waals surface area (Å²) in [5.74, 6) is 6.01. The van der Waals surface area contributed by atoms with Crippen LogP contribution in [-0.2, 0) is 4.79 Å². The van der Waals surface area contributed by atoms with E-state index >= 15 is 0 Å². The van der Waals surface area contributed by atoms with E-state index in [-0.39, 0.29) is 5.91 Å². The van der Waals surface area contributed by atoms with Crippen molar-refractivity contribution in [2.24, 2.45) is 17.0 Å². The summed E-state index contributed by atoms with van der Waals surface area (Å²) in [6.45, 7) is 3.87. The Morgan fingerprint density at radius 1 is 1.53 bits per heavy atom. The minimum atomic E-state index is -0.683. The Balaban J connectivity index is 2.29. The first-order valence-electron chi connectivity index (χ1n) is 5.78. The number of amides is 1. The van der Waals surface area contributed by atoms with Gasteiger partial charge in [0.2, 0.25) is 5.91 Å². The topological polar surface area (TPSA) is 123 Å². The molecule has 8 nitrogen and oxygen atoms in total. The van der Waals surface area contributed by atoms with Gasteiger partial charge in [0.25, 0.3) is 0 Å². The fraction of sp³-hybridized carbons (Fsp3) is 0.364. The minimum absolute atomic E-state index is 0.353. The normalized spacial score (nSPS) is 11.5. The number of primary amides is 1. The lowest BCUT2D eigenvalue weighted by atomic mass is 9.93. The van der Waals surface area contributed by atoms with Crippen molar-refractivity contribution in [1.29, 1.82) is 0 Å². The van der Waals surface area contributed by atoms with Crippen molar-refractivity contribution >= 4 is 23.2 Å². The lowest BCUT2D eigenvalue weighted by Crippen LogP contribution is -2.37. The molecule has 2 aromatic rings. The van der Waals surface area contributed by atoms with Gasteiger partial charge in [-0.2, -0.15) is 0 Å². The molecule has 0 unspecified atom stereocenters. The van der Waals surface area contributed by atoms with E-state index in [0.717, 1.165) is 0 Å². The number of imidazole rings is 1. The summed E-state index contributed by atoms with van der Waals surface area (Å²) in [5, 5.41) is 3.08. The van der Waals surface area contributed by atoms with Gasteiger partial charge in [0.05, 0.1) is 11.6 Å². The number of hydrogen-bond donors (Lipinski definition) is 4. The van der Waals surface area contributed by atoms with Crippen molar-refractivity contribution in [3.8, 4) is 0 Å². The first-order chi connectivity index (χ1) is 8.94. The summed E-state index contributed by atoms with van der Waals surface area (Å²) in [5.41, 5.74) is 7.78. The number of nitrogens with two attached hydrogens (primary N) is 2. The molecule has 19 heavy (non-hydrogen) atoms. The van der Waals surface area contributed by atoms with Gasteiger partial charge in [-0.05, 0) is 13.8 Å². The van der Waals surface area contributed by atoms with Gasteiger partial charge in [-0.25, -0.2) is 15.8 Å². The number of nitrogens with one attached hydrogen (secondary N) is 2. The smallest absolute Gasteiger partial charge is 0.224 e. The number of carbonyl (C=O) groups excluding carboxylic acids is 1. The van der Waals surface area contributed by atoms with E-state index in [1.807, 2.05) is 0 Å². The van der Waals surface area contributed by atoms with Crippen LogP contribution < -0.4 is 22.3 Å². The molecule has 6 N–H and O–H groups in total. The number of nitrogens with zero attached hydrogens (tertiary/aromatic N) is 3. The van der Waals surface area contributed by atoms with E-state index < -0.39 is 5.41 Å². The van der Waals surface area contributed by atoms with Crippen LogP contribution in [0.5, 0.6) is 0 Å². The number of hydrogen-bond acceptors (Lipinski definition) is 6. The Hall–Kier alpha value is -2.35. The van der Waals surface area contributed by atoms with Gasteiger partial charge in [-0.15, -0.1) is 0 Å². The molecule has 0 saturated carbocycles. The zero-order chi connectivity index (χ0) is 14.0. The zero-order valence-electron chi connectivity index (χ0n) is 10.8. The number of anilines is 2. The van der Waals surface area contributed by atoms with Gasteiger partial charge in [0.15, 0.2) is 17.3 Å². The van der Waals surface area contributed by atoms with Gasteiger partial charge in [-0.3, -0.25) is 4.79 Å². The van der Waals surface area contributed by atoms with E-state index in [4.69, 9.17) is 11.6 Å². The molecule has 0 radical (unpaired) electrons. The van der Waals surface area contributed by atoms with Crippen molar-refractivity contribution in [3.05, 3.63) is 18.6 Å². The van der Waals surface area contributed by atoms with E-state index in [2.05, 4.69) is 20.7 Å². The molecule has 0 fully saturated rings. The lowest BCUT2D eigenvalue weighted by molar-refractivity contribution is -0.125. The van der Waals surface area contributed by atoms with Crippen LogP contribution in [-0.4, -0.2) is 26.8 Å². The molecule has 1 amide bonds. The molecular formula is C11H17N7O. The highest BCUT2D eigenvalue weighted by Gasteiger charge is 2.25. The molecule has 0 aromatic carbocycles. The van der Waals surface area contributed by atoms with Crippen molar-refractivity contribution in [2.45, 2.75) is 13.8 Å². The number of carbonyl (C=O) groups is 1. The van der Waals surface area contributed by atoms with Gasteiger partial charge in [0.1, 0.15) is 0 Å². The average Bonchev–Trinajstić information content (AvgIpc) is 2.83. The van der Waals surface area contributed by atoms with E-state index in [1.54, 1.807) is 36.8 Å². The van der Waals surface area contributed by atoms with Crippen LogP contribution in [0.3, 0.4) is 0 Å². The lowest BCUT2D eigenvalue weighted by Gasteiger charge is -2.21. The van der Waals surface area contributed by atoms with Crippen molar-refractivity contribution < 1.29 is 4.79 Å². The van der Waals surface area contributed by atoms with Crippen LogP contribution in [0.1, 0.15) is 13.8 Å². The standard InChI is InChI=1S/C11H17N7O/c1-11(2,10(12)19)6-15-8-9-14-3-4-18(9)5-7(16-8)17-13/h3-5,17H,6,13H2,1-2H3,(H2,12,19)(H,15,16). The van der Waals surface area contributed by atoms with E-state index in [9.17, 15) is 4.79 Å². The molecule has 0 aliphatic heterocycles. The summed E-state index contributed by atoms with van der Waals surface area (Å²) in [6, 6.07) is 0. The molecule has 8 heteroatoms. The molecule has 2 rings (SSSR count). The Morgan fingerprint density at radius 3 is 2.89 bits per heavy atom. The quantitative estimate of drug-likeness (QED) is 0.442. The first-order valence-corrected chi connectivity index (χ1v) is 5.78. The molecule has 2 aromatic heterocycles. The summed E-state index contributed by atoms with van der Waals surface area (Å²) >= 11 is 0. The summed E-state index contributed by atoms with van der Waals surface area (Å²) in [4.78, 5) is 19.8. The highest BCUT2D eigenvalue weighted by Crippen LogP contribution is 2.19. The van der Waals surface area contributed by atoms with Crippen molar-refractivity contribution in [3.63, 3.8) is 0 Å². The van der Waals surface area contributed by atoms with E-state index in [0.29, 0.717) is 23.8 Å². The maximum atomic E-state index is 11.3. The van der Waals surface area contributed by atoms with Gasteiger partial charge in [-0.1, -0.05) is 0 Å². The molecule has 0 saturated heterocycles. The number of fused-ring (bicyclic) bond motifs is 1. The number of hydrazine groups is 1. The minimum Gasteiger partial charge on any atom is -0.369 e. The maximum absolute atomic E-state index is 11.3. The second kappa shape index (κ2) is 4.73. The summed E-state index contributed by atoms with van der Waals surface area (Å²) < 4.78 is 1.78. The predicted octanol–water partition coefficient (Wildman–Crippen LogP) is -0.0617. The predicted molar refractivity (Wildman–Crippen MR) is 72.3 cm³/mol. The van der Waals surface area contributed by atoms with Gasteiger partial charge >= 0.3 is 0 Å². The third-order valence-corrected chi connectivity index (χ3v) is 2.89. The van der Waals surface area contributed by atoms with Gasteiger partial charge < -0.3 is 20.9 Å². The van der Waals surface area contributed by atoms with Gasteiger partial charge in [0, 0.05) is 18.9 Å². The largest absolute Gasteiger partial charge is 0.369 e. The third-order valence-electron chi connectivity index (χ3n) is 2.89. The first kappa shape index (κ1) is 13.1.